The van der Waals surface area contributed by atoms with E-state index in [4.69, 9.17) is 5.73 Å². The second-order valence-electron chi connectivity index (χ2n) is 8.92. The number of nitro benzene ring substituents is 1. The third-order valence-electron chi connectivity index (χ3n) is 5.89. The van der Waals surface area contributed by atoms with Crippen molar-refractivity contribution >= 4 is 58.5 Å². The Morgan fingerprint density at radius 2 is 1.53 bits per heavy atom. The molecule has 0 spiro atoms. The fraction of sp³-hybridized carbons (Fsp3) is 0.0323. The van der Waals surface area contributed by atoms with Gasteiger partial charge in [0, 0.05) is 22.2 Å². The first-order valence-electron chi connectivity index (χ1n) is 12.8. The van der Waals surface area contributed by atoms with Crippen LogP contribution in [0.1, 0.15) is 26.3 Å². The number of rotatable bonds is 11. The van der Waals surface area contributed by atoms with Crippen molar-refractivity contribution in [2.75, 3.05) is 16.4 Å². The molecule has 0 aliphatic carbocycles. The number of hydrogen-bond donors (Lipinski definition) is 4. The van der Waals surface area contributed by atoms with Crippen molar-refractivity contribution in [3.8, 4) is 0 Å². The van der Waals surface area contributed by atoms with Gasteiger partial charge in [0.2, 0.25) is 5.91 Å². The highest BCUT2D eigenvalue weighted by Crippen LogP contribution is 2.24. The molecule has 4 amide bonds. The highest BCUT2D eigenvalue weighted by atomic mass is 32.2. The van der Waals surface area contributed by atoms with E-state index in [1.807, 2.05) is 0 Å². The first-order chi connectivity index (χ1) is 20.7. The van der Waals surface area contributed by atoms with Crippen molar-refractivity contribution in [2.24, 2.45) is 5.73 Å². The second-order valence-corrected chi connectivity index (χ2v) is 9.97. The van der Waals surface area contributed by atoms with Crippen molar-refractivity contribution in [3.05, 3.63) is 136 Å². The maximum atomic E-state index is 13.4. The van der Waals surface area contributed by atoms with E-state index in [-0.39, 0.29) is 34.2 Å². The summed E-state index contributed by atoms with van der Waals surface area (Å²) in [4.78, 5) is 62.0. The maximum absolute atomic E-state index is 13.4. The minimum absolute atomic E-state index is 0.000453. The molecule has 0 atom stereocenters. The number of anilines is 2. The normalized spacial score (nSPS) is 10.8. The predicted molar refractivity (Wildman–Crippen MR) is 164 cm³/mol. The predicted octanol–water partition coefficient (Wildman–Crippen LogP) is 4.83. The largest absolute Gasteiger partial charge is 0.366 e. The first kappa shape index (κ1) is 30.2. The van der Waals surface area contributed by atoms with E-state index < -0.39 is 22.6 Å². The Labute approximate surface area is 250 Å². The zero-order valence-electron chi connectivity index (χ0n) is 22.5. The van der Waals surface area contributed by atoms with Crippen LogP contribution >= 0.6 is 11.8 Å². The molecule has 0 unspecified atom stereocenters. The van der Waals surface area contributed by atoms with Gasteiger partial charge in [-0.1, -0.05) is 48.5 Å². The van der Waals surface area contributed by atoms with E-state index in [1.165, 1.54) is 42.1 Å². The van der Waals surface area contributed by atoms with Gasteiger partial charge in [-0.05, 0) is 54.6 Å². The molecule has 216 valence electrons. The summed E-state index contributed by atoms with van der Waals surface area (Å²) in [5.41, 5.74) is 6.18. The number of hydrogen-bond acceptors (Lipinski definition) is 7. The molecule has 0 aliphatic rings. The maximum Gasteiger partial charge on any atom is 0.276 e. The van der Waals surface area contributed by atoms with Gasteiger partial charge in [-0.25, -0.2) is 0 Å². The Hall–Kier alpha value is -5.75. The lowest BCUT2D eigenvalue weighted by Crippen LogP contribution is -2.30. The molecule has 4 rings (SSSR count). The van der Waals surface area contributed by atoms with Gasteiger partial charge >= 0.3 is 0 Å². The number of carbonyl (C=O) groups excluding carboxylic acids is 4. The van der Waals surface area contributed by atoms with E-state index in [9.17, 15) is 29.3 Å². The third kappa shape index (κ3) is 8.38. The number of thioether (sulfide) groups is 1. The highest BCUT2D eigenvalue weighted by molar-refractivity contribution is 8.00. The van der Waals surface area contributed by atoms with Crippen LogP contribution < -0.4 is 21.7 Å². The first-order valence-corrected chi connectivity index (χ1v) is 13.7. The summed E-state index contributed by atoms with van der Waals surface area (Å²) in [6.45, 7) is 0. The van der Waals surface area contributed by atoms with Crippen LogP contribution in [0, 0.1) is 10.1 Å². The van der Waals surface area contributed by atoms with Crippen LogP contribution in [0.3, 0.4) is 0 Å². The van der Waals surface area contributed by atoms with Crippen molar-refractivity contribution < 1.29 is 24.1 Å². The number of nitrogens with zero attached hydrogens (tertiary/aromatic N) is 1. The standard InChI is InChI=1S/C31H25N5O6S/c32-29(38)24-14-5-6-15-25(24)34-28(37)19-43-23-13-8-12-22(18-23)33-31(40)26(35-30(39)20-9-2-1-3-10-20)17-21-11-4-7-16-27(21)36(41)42/h1-18H,19H2,(H2,32,38)(H,33,40)(H,34,37)(H,35,39)/b26-17+. The molecule has 0 bridgehead atoms. The van der Waals surface area contributed by atoms with Gasteiger partial charge in [-0.15, -0.1) is 11.8 Å². The van der Waals surface area contributed by atoms with E-state index in [1.54, 1.807) is 78.9 Å². The average molecular weight is 596 g/mol. The van der Waals surface area contributed by atoms with Gasteiger partial charge in [0.25, 0.3) is 23.4 Å². The zero-order chi connectivity index (χ0) is 30.8. The van der Waals surface area contributed by atoms with Crippen LogP contribution in [0.5, 0.6) is 0 Å². The van der Waals surface area contributed by atoms with Gasteiger partial charge in [0.05, 0.1) is 27.5 Å². The van der Waals surface area contributed by atoms with Gasteiger partial charge in [-0.2, -0.15) is 0 Å². The number of primary amides is 1. The number of amides is 4. The smallest absolute Gasteiger partial charge is 0.276 e. The highest BCUT2D eigenvalue weighted by Gasteiger charge is 2.19. The summed E-state index contributed by atoms with van der Waals surface area (Å²) in [6, 6.07) is 27.1. The molecule has 43 heavy (non-hydrogen) atoms. The molecule has 4 aromatic carbocycles. The molecule has 5 N–H and O–H groups in total. The SMILES string of the molecule is NC(=O)c1ccccc1NC(=O)CSc1cccc(NC(=O)/C(=C\c2ccccc2[N+](=O)[O-])NC(=O)c2ccccc2)c1. The summed E-state index contributed by atoms with van der Waals surface area (Å²) >= 11 is 1.19. The number of nitrogens with two attached hydrogens (primary N) is 1. The van der Waals surface area contributed by atoms with Crippen molar-refractivity contribution in [1.29, 1.82) is 0 Å². The number of nitro groups is 1. The fourth-order valence-corrected chi connectivity index (χ4v) is 4.63. The van der Waals surface area contributed by atoms with Crippen LogP contribution in [0.2, 0.25) is 0 Å². The molecule has 0 aliphatic heterocycles. The fourth-order valence-electron chi connectivity index (χ4n) is 3.88. The van der Waals surface area contributed by atoms with E-state index >= 15 is 0 Å². The lowest BCUT2D eigenvalue weighted by molar-refractivity contribution is -0.385. The van der Waals surface area contributed by atoms with Crippen molar-refractivity contribution in [3.63, 3.8) is 0 Å². The van der Waals surface area contributed by atoms with Crippen molar-refractivity contribution in [2.45, 2.75) is 4.90 Å². The minimum Gasteiger partial charge on any atom is -0.366 e. The zero-order valence-corrected chi connectivity index (χ0v) is 23.3. The molecule has 0 fully saturated rings. The van der Waals surface area contributed by atoms with Crippen LogP contribution in [-0.2, 0) is 9.59 Å². The van der Waals surface area contributed by atoms with Gasteiger partial charge in [0.1, 0.15) is 5.70 Å². The molecule has 0 saturated heterocycles. The molecular formula is C31H25N5O6S. The lowest BCUT2D eigenvalue weighted by atomic mass is 10.1. The molecule has 0 heterocycles. The van der Waals surface area contributed by atoms with Crippen LogP contribution in [0.4, 0.5) is 17.1 Å². The Morgan fingerprint density at radius 3 is 2.28 bits per heavy atom. The molecular weight excluding hydrogens is 570 g/mol. The van der Waals surface area contributed by atoms with Crippen LogP contribution in [-0.4, -0.2) is 34.3 Å². The van der Waals surface area contributed by atoms with Gasteiger partial charge in [0.15, 0.2) is 0 Å². The molecule has 0 saturated carbocycles. The molecule has 0 aromatic heterocycles. The number of nitrogens with one attached hydrogen (secondary N) is 3. The van der Waals surface area contributed by atoms with Crippen LogP contribution in [0.15, 0.2) is 114 Å². The molecule has 4 aromatic rings. The Morgan fingerprint density at radius 1 is 0.837 bits per heavy atom. The second kappa shape index (κ2) is 14.2. The molecule has 12 heteroatoms. The van der Waals surface area contributed by atoms with E-state index in [2.05, 4.69) is 16.0 Å². The summed E-state index contributed by atoms with van der Waals surface area (Å²) in [5.74, 6) is -2.33. The minimum atomic E-state index is -0.717. The summed E-state index contributed by atoms with van der Waals surface area (Å²) < 4.78 is 0. The summed E-state index contributed by atoms with van der Waals surface area (Å²) in [6.07, 6.45) is 1.24. The van der Waals surface area contributed by atoms with Crippen LogP contribution in [0.25, 0.3) is 6.08 Å². The Bertz CT molecular complexity index is 1720. The third-order valence-corrected chi connectivity index (χ3v) is 6.88. The van der Waals surface area contributed by atoms with Gasteiger partial charge < -0.3 is 21.7 Å². The molecule has 0 radical (unpaired) electrons. The summed E-state index contributed by atoms with van der Waals surface area (Å²) in [5, 5.41) is 19.5. The number of benzene rings is 4. The summed E-state index contributed by atoms with van der Waals surface area (Å²) in [7, 11) is 0. The number of carbonyl (C=O) groups is 4. The Balaban J connectivity index is 1.50. The quantitative estimate of drug-likeness (QED) is 0.0831. The molecule has 11 nitrogen and oxygen atoms in total. The van der Waals surface area contributed by atoms with Gasteiger partial charge in [-0.3, -0.25) is 29.3 Å². The lowest BCUT2D eigenvalue weighted by Gasteiger charge is -2.12. The Kier molecular flexibility index (Phi) is 10.0. The monoisotopic (exact) mass is 595 g/mol. The van der Waals surface area contributed by atoms with E-state index in [0.717, 1.165) is 0 Å². The number of para-hydroxylation sites is 2. The average Bonchev–Trinajstić information content (AvgIpc) is 3.00. The van der Waals surface area contributed by atoms with E-state index in [0.29, 0.717) is 21.8 Å². The van der Waals surface area contributed by atoms with Crippen molar-refractivity contribution in [1.82, 2.24) is 5.32 Å². The topological polar surface area (TPSA) is 174 Å².